The van der Waals surface area contributed by atoms with E-state index in [4.69, 9.17) is 0 Å². The monoisotopic (exact) mass is 196 g/mol. The molecule has 1 atom stereocenters. The molecule has 0 saturated heterocycles. The first-order valence-corrected chi connectivity index (χ1v) is 6.83. The van der Waals surface area contributed by atoms with Gasteiger partial charge in [-0.15, -0.1) is 0 Å². The minimum absolute atomic E-state index is 0.983. The molecule has 1 fully saturated rings. The van der Waals surface area contributed by atoms with Crippen LogP contribution < -0.4 is 0 Å². The van der Waals surface area contributed by atoms with Crippen LogP contribution in [0.2, 0.25) is 0 Å². The van der Waals surface area contributed by atoms with Gasteiger partial charge in [0.25, 0.3) is 0 Å². The highest BCUT2D eigenvalue weighted by atomic mass is 14.2. The molecule has 1 saturated carbocycles. The van der Waals surface area contributed by atoms with Gasteiger partial charge in [-0.05, 0) is 11.8 Å². The van der Waals surface area contributed by atoms with Crippen LogP contribution in [0.4, 0.5) is 0 Å². The fraction of sp³-hybridized carbons (Fsp3) is 1.00. The molecule has 1 aliphatic rings. The second-order valence-corrected chi connectivity index (χ2v) is 5.33. The van der Waals surface area contributed by atoms with Crippen molar-refractivity contribution < 1.29 is 0 Å². The number of rotatable bonds is 7. The smallest absolute Gasteiger partial charge is 0.0414 e. The van der Waals surface area contributed by atoms with Gasteiger partial charge in [-0.25, -0.2) is 0 Å². The molecule has 0 nitrogen and oxygen atoms in total. The lowest BCUT2D eigenvalue weighted by Gasteiger charge is -2.12. The summed E-state index contributed by atoms with van der Waals surface area (Å²) >= 11 is 0. The molecule has 0 amide bonds. The SMILES string of the molecule is CCCCC(C)CCCC1CCCC1. The van der Waals surface area contributed by atoms with Crippen molar-refractivity contribution in [2.45, 2.75) is 78.1 Å². The molecular weight excluding hydrogens is 168 g/mol. The second kappa shape index (κ2) is 7.31. The van der Waals surface area contributed by atoms with Gasteiger partial charge in [0.05, 0.1) is 0 Å². The average molecular weight is 196 g/mol. The van der Waals surface area contributed by atoms with Crippen LogP contribution in [0.25, 0.3) is 0 Å². The topological polar surface area (TPSA) is 0 Å². The summed E-state index contributed by atoms with van der Waals surface area (Å²) in [5.41, 5.74) is 0. The Kier molecular flexibility index (Phi) is 6.31. The van der Waals surface area contributed by atoms with Crippen LogP contribution in [-0.2, 0) is 0 Å². The Morgan fingerprint density at radius 2 is 1.71 bits per heavy atom. The highest BCUT2D eigenvalue weighted by molar-refractivity contribution is 4.67. The lowest BCUT2D eigenvalue weighted by atomic mass is 9.94. The lowest BCUT2D eigenvalue weighted by molar-refractivity contribution is 0.406. The first kappa shape index (κ1) is 12.1. The number of hydrogen-bond acceptors (Lipinski definition) is 0. The van der Waals surface area contributed by atoms with Crippen LogP contribution in [-0.4, -0.2) is 0 Å². The van der Waals surface area contributed by atoms with Crippen molar-refractivity contribution in [3.8, 4) is 0 Å². The summed E-state index contributed by atoms with van der Waals surface area (Å²) < 4.78 is 0. The fourth-order valence-electron chi connectivity index (χ4n) is 2.75. The first-order valence-electron chi connectivity index (χ1n) is 6.83. The molecule has 0 radical (unpaired) electrons. The van der Waals surface area contributed by atoms with Gasteiger partial charge in [-0.2, -0.15) is 0 Å². The molecule has 1 aliphatic carbocycles. The molecule has 0 aromatic heterocycles. The quantitative estimate of drug-likeness (QED) is 0.527. The Morgan fingerprint density at radius 3 is 2.36 bits per heavy atom. The van der Waals surface area contributed by atoms with E-state index in [9.17, 15) is 0 Å². The Morgan fingerprint density at radius 1 is 1.07 bits per heavy atom. The maximum Gasteiger partial charge on any atom is -0.0414 e. The minimum atomic E-state index is 0.983. The van der Waals surface area contributed by atoms with Crippen LogP contribution >= 0.6 is 0 Å². The van der Waals surface area contributed by atoms with Crippen molar-refractivity contribution in [1.82, 2.24) is 0 Å². The van der Waals surface area contributed by atoms with Crippen LogP contribution in [0.15, 0.2) is 0 Å². The summed E-state index contributed by atoms with van der Waals surface area (Å²) in [6.07, 6.45) is 14.8. The highest BCUT2D eigenvalue weighted by Crippen LogP contribution is 2.29. The molecule has 1 rings (SSSR count). The van der Waals surface area contributed by atoms with E-state index in [0.717, 1.165) is 11.8 Å². The van der Waals surface area contributed by atoms with Crippen molar-refractivity contribution >= 4 is 0 Å². The molecule has 0 heteroatoms. The van der Waals surface area contributed by atoms with Gasteiger partial charge in [0.2, 0.25) is 0 Å². The Hall–Kier alpha value is 0. The molecule has 84 valence electrons. The third kappa shape index (κ3) is 5.02. The number of hydrogen-bond donors (Lipinski definition) is 0. The maximum atomic E-state index is 2.43. The summed E-state index contributed by atoms with van der Waals surface area (Å²) in [6, 6.07) is 0. The molecule has 14 heavy (non-hydrogen) atoms. The third-order valence-corrected chi connectivity index (χ3v) is 3.83. The molecule has 0 aliphatic heterocycles. The minimum Gasteiger partial charge on any atom is -0.0654 e. The maximum absolute atomic E-state index is 2.43. The first-order chi connectivity index (χ1) is 6.83. The predicted octanol–water partition coefficient (Wildman–Crippen LogP) is 5.17. The van der Waals surface area contributed by atoms with Crippen LogP contribution in [0, 0.1) is 11.8 Å². The van der Waals surface area contributed by atoms with E-state index in [1.165, 1.54) is 64.2 Å². The third-order valence-electron chi connectivity index (χ3n) is 3.83. The standard InChI is InChI=1S/C14H28/c1-3-4-8-13(2)9-7-12-14-10-5-6-11-14/h13-14H,3-12H2,1-2H3. The van der Waals surface area contributed by atoms with Crippen molar-refractivity contribution in [2.24, 2.45) is 11.8 Å². The fourth-order valence-corrected chi connectivity index (χ4v) is 2.75. The van der Waals surface area contributed by atoms with Crippen molar-refractivity contribution in [2.75, 3.05) is 0 Å². The van der Waals surface area contributed by atoms with E-state index < -0.39 is 0 Å². The molecular formula is C14H28. The summed E-state index contributed by atoms with van der Waals surface area (Å²) in [6.45, 7) is 4.73. The summed E-state index contributed by atoms with van der Waals surface area (Å²) in [5.74, 6) is 2.09. The molecule has 0 bridgehead atoms. The molecule has 0 N–H and O–H groups in total. The second-order valence-electron chi connectivity index (χ2n) is 5.33. The van der Waals surface area contributed by atoms with E-state index in [1.54, 1.807) is 0 Å². The van der Waals surface area contributed by atoms with Gasteiger partial charge in [0.15, 0.2) is 0 Å². The Balaban J connectivity index is 1.91. The van der Waals surface area contributed by atoms with E-state index in [-0.39, 0.29) is 0 Å². The summed E-state index contributed by atoms with van der Waals surface area (Å²) in [7, 11) is 0. The van der Waals surface area contributed by atoms with Gasteiger partial charge in [-0.1, -0.05) is 78.1 Å². The van der Waals surface area contributed by atoms with E-state index in [0.29, 0.717) is 0 Å². The highest BCUT2D eigenvalue weighted by Gasteiger charge is 2.14. The molecule has 0 heterocycles. The van der Waals surface area contributed by atoms with Crippen LogP contribution in [0.3, 0.4) is 0 Å². The molecule has 0 aromatic carbocycles. The summed E-state index contributed by atoms with van der Waals surface area (Å²) in [5, 5.41) is 0. The zero-order chi connectivity index (χ0) is 10.2. The average Bonchev–Trinajstić information content (AvgIpc) is 2.67. The van der Waals surface area contributed by atoms with Gasteiger partial charge in [-0.3, -0.25) is 0 Å². The van der Waals surface area contributed by atoms with Gasteiger partial charge in [0.1, 0.15) is 0 Å². The van der Waals surface area contributed by atoms with Gasteiger partial charge >= 0.3 is 0 Å². The van der Waals surface area contributed by atoms with E-state index in [2.05, 4.69) is 13.8 Å². The van der Waals surface area contributed by atoms with Gasteiger partial charge < -0.3 is 0 Å². The van der Waals surface area contributed by atoms with E-state index in [1.807, 2.05) is 0 Å². The normalized spacial score (nSPS) is 20.1. The molecule has 0 aromatic rings. The van der Waals surface area contributed by atoms with E-state index >= 15 is 0 Å². The van der Waals surface area contributed by atoms with Crippen molar-refractivity contribution in [1.29, 1.82) is 0 Å². The van der Waals surface area contributed by atoms with Crippen LogP contribution in [0.5, 0.6) is 0 Å². The predicted molar refractivity (Wildman–Crippen MR) is 64.5 cm³/mol. The molecule has 0 spiro atoms. The van der Waals surface area contributed by atoms with Crippen LogP contribution in [0.1, 0.15) is 78.1 Å². The Labute approximate surface area is 90.5 Å². The van der Waals surface area contributed by atoms with Gasteiger partial charge in [0, 0.05) is 0 Å². The zero-order valence-electron chi connectivity index (χ0n) is 10.2. The summed E-state index contributed by atoms with van der Waals surface area (Å²) in [4.78, 5) is 0. The van der Waals surface area contributed by atoms with Crippen molar-refractivity contribution in [3.63, 3.8) is 0 Å². The largest absolute Gasteiger partial charge is 0.0654 e. The van der Waals surface area contributed by atoms with Crippen molar-refractivity contribution in [3.05, 3.63) is 0 Å². The Bertz CT molecular complexity index is 122. The molecule has 1 unspecified atom stereocenters. The number of unbranched alkanes of at least 4 members (excludes halogenated alkanes) is 1. The lowest BCUT2D eigenvalue weighted by Crippen LogP contribution is -1.98. The zero-order valence-corrected chi connectivity index (χ0v) is 10.2.